The molecule has 4 aliphatic rings. The van der Waals surface area contributed by atoms with Gasteiger partial charge >= 0.3 is 12.0 Å². The smallest absolute Gasteiger partial charge is 0.344 e. The number of fused-ring (bicyclic) bond motifs is 1. The Morgan fingerprint density at radius 3 is 2.51 bits per heavy atom. The summed E-state index contributed by atoms with van der Waals surface area (Å²) in [6.45, 7) is 2.27. The van der Waals surface area contributed by atoms with E-state index in [0.29, 0.717) is 61.1 Å². The van der Waals surface area contributed by atoms with Crippen LogP contribution in [0.4, 0.5) is 4.79 Å². The van der Waals surface area contributed by atoms with E-state index in [1.165, 1.54) is 6.07 Å². The highest BCUT2D eigenvalue weighted by Crippen LogP contribution is 2.36. The zero-order valence-corrected chi connectivity index (χ0v) is 21.3. The van der Waals surface area contributed by atoms with E-state index in [4.69, 9.17) is 4.74 Å². The van der Waals surface area contributed by atoms with Crippen molar-refractivity contribution < 1.29 is 32.3 Å². The van der Waals surface area contributed by atoms with Crippen LogP contribution in [0.15, 0.2) is 33.6 Å². The molecule has 0 unspecified atom stereocenters. The quantitative estimate of drug-likeness (QED) is 0.429. The molecule has 2 saturated heterocycles. The van der Waals surface area contributed by atoms with Crippen LogP contribution in [0.3, 0.4) is 0 Å². The van der Waals surface area contributed by atoms with Gasteiger partial charge in [0.25, 0.3) is 21.8 Å². The van der Waals surface area contributed by atoms with Crippen molar-refractivity contribution in [3.05, 3.63) is 29.8 Å². The molecular formula is C24H29N5O7S. The van der Waals surface area contributed by atoms with Gasteiger partial charge in [-0.15, -0.1) is 4.40 Å². The number of carbonyl (C=O) groups excluding carboxylic acids is 4. The fourth-order valence-corrected chi connectivity index (χ4v) is 6.60. The van der Waals surface area contributed by atoms with Crippen molar-refractivity contribution in [2.75, 3.05) is 19.7 Å². The minimum atomic E-state index is -3.73. The molecule has 3 fully saturated rings. The molecule has 198 valence electrons. The third-order valence-electron chi connectivity index (χ3n) is 7.61. The molecule has 1 aliphatic carbocycles. The largest absolute Gasteiger partial charge is 0.455 e. The van der Waals surface area contributed by atoms with Crippen molar-refractivity contribution in [3.8, 4) is 0 Å². The lowest BCUT2D eigenvalue weighted by molar-refractivity contribution is -0.155. The Morgan fingerprint density at radius 2 is 1.81 bits per heavy atom. The van der Waals surface area contributed by atoms with Crippen LogP contribution in [0.5, 0.6) is 0 Å². The number of amidine groups is 1. The zero-order chi connectivity index (χ0) is 26.4. The second-order valence-electron chi connectivity index (χ2n) is 10.1. The third kappa shape index (κ3) is 4.67. The maximum atomic E-state index is 12.8. The van der Waals surface area contributed by atoms with Crippen molar-refractivity contribution in [2.24, 2.45) is 16.2 Å². The first-order chi connectivity index (χ1) is 17.6. The minimum absolute atomic E-state index is 0.173. The number of nitrogens with one attached hydrogen (secondary N) is 2. The topological polar surface area (TPSA) is 155 Å². The molecule has 1 aromatic carbocycles. The first-order valence-corrected chi connectivity index (χ1v) is 13.9. The van der Waals surface area contributed by atoms with Gasteiger partial charge in [-0.05, 0) is 56.6 Å². The van der Waals surface area contributed by atoms with Gasteiger partial charge in [0.1, 0.15) is 10.4 Å². The number of hydrogen-bond acceptors (Lipinski definition) is 8. The standard InChI is InChI=1S/C24H29N5O7S/c1-15-6-10-24(11-7-15)22(32)29(23(33)25-24)26-19(30)14-36-21(31)16-8-12-28(13-9-16)20-17-4-2-3-5-18(17)37(34,35)27-20/h2-5,15-16H,6-14H2,1H3,(H,25,33)(H,26,30). The molecule has 0 aromatic heterocycles. The molecule has 1 aromatic rings. The summed E-state index contributed by atoms with van der Waals surface area (Å²) in [6, 6.07) is 5.93. The Hall–Kier alpha value is -3.48. The van der Waals surface area contributed by atoms with Crippen molar-refractivity contribution in [3.63, 3.8) is 0 Å². The maximum Gasteiger partial charge on any atom is 0.344 e. The van der Waals surface area contributed by atoms with E-state index in [1.54, 1.807) is 18.2 Å². The number of hydrogen-bond donors (Lipinski definition) is 2. The first-order valence-electron chi connectivity index (χ1n) is 12.4. The number of carbonyl (C=O) groups is 4. The summed E-state index contributed by atoms with van der Waals surface area (Å²) in [7, 11) is -3.73. The summed E-state index contributed by atoms with van der Waals surface area (Å²) in [6.07, 6.45) is 3.44. The number of piperidine rings is 1. The van der Waals surface area contributed by atoms with Crippen LogP contribution in [0, 0.1) is 11.8 Å². The fourth-order valence-electron chi connectivity index (χ4n) is 5.37. The molecular weight excluding hydrogens is 502 g/mol. The van der Waals surface area contributed by atoms with E-state index in [1.807, 2.05) is 4.90 Å². The third-order valence-corrected chi connectivity index (χ3v) is 8.94. The van der Waals surface area contributed by atoms with E-state index in [9.17, 15) is 27.6 Å². The van der Waals surface area contributed by atoms with Crippen molar-refractivity contribution >= 4 is 39.7 Å². The predicted octanol–water partition coefficient (Wildman–Crippen LogP) is 0.923. The minimum Gasteiger partial charge on any atom is -0.455 e. The van der Waals surface area contributed by atoms with Gasteiger partial charge in [-0.2, -0.15) is 13.4 Å². The number of urea groups is 1. The predicted molar refractivity (Wildman–Crippen MR) is 129 cm³/mol. The first kappa shape index (κ1) is 25.2. The number of benzene rings is 1. The van der Waals surface area contributed by atoms with Crippen molar-refractivity contribution in [1.29, 1.82) is 0 Å². The maximum absolute atomic E-state index is 12.8. The molecule has 3 heterocycles. The summed E-state index contributed by atoms with van der Waals surface area (Å²) in [4.78, 5) is 52.1. The Labute approximate surface area is 214 Å². The number of nitrogens with zero attached hydrogens (tertiary/aromatic N) is 3. The summed E-state index contributed by atoms with van der Waals surface area (Å²) in [5.74, 6) is -1.46. The Morgan fingerprint density at radius 1 is 1.14 bits per heavy atom. The molecule has 2 N–H and O–H groups in total. The molecule has 4 amide bonds. The molecule has 0 radical (unpaired) electrons. The van der Waals surface area contributed by atoms with Crippen molar-refractivity contribution in [1.82, 2.24) is 20.7 Å². The van der Waals surface area contributed by atoms with Gasteiger partial charge in [0.15, 0.2) is 12.4 Å². The molecule has 37 heavy (non-hydrogen) atoms. The van der Waals surface area contributed by atoms with Gasteiger partial charge in [-0.3, -0.25) is 19.8 Å². The van der Waals surface area contributed by atoms with Gasteiger partial charge < -0.3 is 15.0 Å². The second kappa shape index (κ2) is 9.43. The van der Waals surface area contributed by atoms with Gasteiger partial charge in [0, 0.05) is 18.7 Å². The van der Waals surface area contributed by atoms with Gasteiger partial charge in [-0.25, -0.2) is 4.79 Å². The number of likely N-dealkylation sites (tertiary alicyclic amines) is 1. The Kier molecular flexibility index (Phi) is 6.42. The number of esters is 1. The van der Waals surface area contributed by atoms with Gasteiger partial charge in [0.2, 0.25) is 0 Å². The van der Waals surface area contributed by atoms with Gasteiger partial charge in [0.05, 0.1) is 5.92 Å². The molecule has 3 aliphatic heterocycles. The summed E-state index contributed by atoms with van der Waals surface area (Å²) < 4.78 is 33.7. The fraction of sp³-hybridized carbons (Fsp3) is 0.542. The summed E-state index contributed by atoms with van der Waals surface area (Å²) >= 11 is 0. The lowest BCUT2D eigenvalue weighted by atomic mass is 9.77. The van der Waals surface area contributed by atoms with Crippen LogP contribution < -0.4 is 10.7 Å². The summed E-state index contributed by atoms with van der Waals surface area (Å²) in [5.41, 5.74) is 1.82. The highest BCUT2D eigenvalue weighted by atomic mass is 32.2. The number of ether oxygens (including phenoxy) is 1. The van der Waals surface area contributed by atoms with Crippen LogP contribution in [-0.2, 0) is 29.1 Å². The lowest BCUT2D eigenvalue weighted by Crippen LogP contribution is -2.52. The van der Waals surface area contributed by atoms with E-state index < -0.39 is 51.9 Å². The Balaban J connectivity index is 1.10. The number of sulfonamides is 1. The molecule has 12 nitrogen and oxygen atoms in total. The number of amides is 4. The SMILES string of the molecule is CC1CCC2(CC1)NC(=O)N(NC(=O)COC(=O)C1CCN(C3=NS(=O)(=O)c4ccccc43)CC1)C2=O. The van der Waals surface area contributed by atoms with E-state index in [2.05, 4.69) is 22.1 Å². The average Bonchev–Trinajstić information content (AvgIpc) is 3.29. The Bertz CT molecular complexity index is 1280. The molecule has 1 spiro atoms. The number of imide groups is 1. The highest BCUT2D eigenvalue weighted by molar-refractivity contribution is 7.90. The van der Waals surface area contributed by atoms with Crippen molar-refractivity contribution in [2.45, 2.75) is 55.9 Å². The highest BCUT2D eigenvalue weighted by Gasteiger charge is 2.53. The molecule has 1 saturated carbocycles. The van der Waals surface area contributed by atoms with E-state index in [-0.39, 0.29) is 4.90 Å². The summed E-state index contributed by atoms with van der Waals surface area (Å²) in [5, 5.41) is 3.39. The number of hydrazine groups is 1. The van der Waals surface area contributed by atoms with Crippen LogP contribution in [-0.4, -0.2) is 73.2 Å². The monoisotopic (exact) mass is 531 g/mol. The zero-order valence-electron chi connectivity index (χ0n) is 20.4. The molecule has 0 bridgehead atoms. The number of rotatable bonds is 4. The van der Waals surface area contributed by atoms with Crippen LogP contribution in [0.1, 0.15) is 51.0 Å². The normalized spacial score (nSPS) is 27.1. The van der Waals surface area contributed by atoms with Crippen LogP contribution in [0.25, 0.3) is 0 Å². The van der Waals surface area contributed by atoms with E-state index >= 15 is 0 Å². The molecule has 13 heteroatoms. The second-order valence-corrected chi connectivity index (χ2v) is 11.7. The lowest BCUT2D eigenvalue weighted by Gasteiger charge is -2.33. The van der Waals surface area contributed by atoms with Gasteiger partial charge in [-0.1, -0.05) is 19.1 Å². The van der Waals surface area contributed by atoms with Crippen LogP contribution >= 0.6 is 0 Å². The van der Waals surface area contributed by atoms with Crippen LogP contribution in [0.2, 0.25) is 0 Å². The molecule has 0 atom stereocenters. The molecule has 5 rings (SSSR count). The van der Waals surface area contributed by atoms with E-state index in [0.717, 1.165) is 12.8 Å². The average molecular weight is 532 g/mol.